The van der Waals surface area contributed by atoms with Crippen LogP contribution in [0.4, 0.5) is 4.39 Å². The van der Waals surface area contributed by atoms with Gasteiger partial charge in [-0.05, 0) is 30.3 Å². The Morgan fingerprint density at radius 2 is 1.89 bits per heavy atom. The van der Waals surface area contributed by atoms with Crippen LogP contribution in [0.2, 0.25) is 5.02 Å². The van der Waals surface area contributed by atoms with Crippen LogP contribution in [0, 0.1) is 5.82 Å². The molecule has 0 atom stereocenters. The van der Waals surface area contributed by atoms with E-state index in [0.717, 1.165) is 10.9 Å². The Bertz CT molecular complexity index is 765. The number of hydrogen-bond donors (Lipinski definition) is 1. The van der Waals surface area contributed by atoms with Crippen molar-refractivity contribution in [2.24, 2.45) is 7.05 Å². The predicted molar refractivity (Wildman–Crippen MR) is 72.8 cm³/mol. The molecule has 3 aromatic rings. The number of aryl methyl sites for hydroxylation is 1. The van der Waals surface area contributed by atoms with Gasteiger partial charge in [-0.15, -0.1) is 0 Å². The molecule has 1 N–H and O–H groups in total. The van der Waals surface area contributed by atoms with Gasteiger partial charge in [-0.1, -0.05) is 11.6 Å². The molecule has 0 bridgehead atoms. The molecule has 96 valence electrons. The lowest BCUT2D eigenvalue weighted by atomic mass is 10.1. The molecule has 2 aromatic carbocycles. The number of halogens is 2. The van der Waals surface area contributed by atoms with Crippen LogP contribution < -0.4 is 0 Å². The van der Waals surface area contributed by atoms with Gasteiger partial charge in [0.05, 0.1) is 10.5 Å². The fraction of sp³-hybridized carbons (Fsp3) is 0.0714. The van der Waals surface area contributed by atoms with Crippen LogP contribution in [0.5, 0.6) is 5.75 Å². The van der Waals surface area contributed by atoms with Crippen molar-refractivity contribution in [3.8, 4) is 17.0 Å². The number of benzene rings is 2. The van der Waals surface area contributed by atoms with Crippen molar-refractivity contribution in [3.05, 3.63) is 47.2 Å². The molecule has 3 nitrogen and oxygen atoms in total. The third-order valence-electron chi connectivity index (χ3n) is 3.03. The van der Waals surface area contributed by atoms with E-state index in [1.54, 1.807) is 42.1 Å². The van der Waals surface area contributed by atoms with Crippen LogP contribution in [-0.2, 0) is 7.05 Å². The molecule has 0 saturated carbocycles. The maximum absolute atomic E-state index is 13.5. The van der Waals surface area contributed by atoms with Crippen molar-refractivity contribution in [3.63, 3.8) is 0 Å². The second-order valence-corrected chi connectivity index (χ2v) is 4.71. The summed E-state index contributed by atoms with van der Waals surface area (Å²) in [7, 11) is 1.75. The number of aromatic nitrogens is 2. The van der Waals surface area contributed by atoms with Crippen molar-refractivity contribution < 1.29 is 9.50 Å². The van der Waals surface area contributed by atoms with Crippen LogP contribution in [0.25, 0.3) is 22.2 Å². The monoisotopic (exact) mass is 276 g/mol. The number of hydrogen-bond acceptors (Lipinski definition) is 2. The molecule has 3 rings (SSSR count). The van der Waals surface area contributed by atoms with E-state index in [2.05, 4.69) is 5.10 Å². The molecule has 1 aromatic heterocycles. The number of phenolic OH excluding ortho intramolecular Hbond substituents is 1. The summed E-state index contributed by atoms with van der Waals surface area (Å²) in [5.41, 5.74) is 2.22. The van der Waals surface area contributed by atoms with Crippen LogP contribution in [0.3, 0.4) is 0 Å². The van der Waals surface area contributed by atoms with Gasteiger partial charge in [-0.3, -0.25) is 4.68 Å². The summed E-state index contributed by atoms with van der Waals surface area (Å²) in [4.78, 5) is 0. The summed E-state index contributed by atoms with van der Waals surface area (Å²) >= 11 is 5.83. The molecule has 0 aliphatic carbocycles. The first-order valence-corrected chi connectivity index (χ1v) is 6.05. The van der Waals surface area contributed by atoms with Gasteiger partial charge in [-0.2, -0.15) is 5.10 Å². The largest absolute Gasteiger partial charge is 0.508 e. The maximum Gasteiger partial charge on any atom is 0.143 e. The highest BCUT2D eigenvalue weighted by molar-refractivity contribution is 6.31. The summed E-state index contributed by atoms with van der Waals surface area (Å²) in [5.74, 6) is -0.275. The zero-order valence-electron chi connectivity index (χ0n) is 10.1. The molecule has 0 amide bonds. The quantitative estimate of drug-likeness (QED) is 0.735. The van der Waals surface area contributed by atoms with Crippen LogP contribution in [0.15, 0.2) is 36.4 Å². The fourth-order valence-corrected chi connectivity index (χ4v) is 2.25. The minimum Gasteiger partial charge on any atom is -0.508 e. The molecule has 0 fully saturated rings. The normalized spacial score (nSPS) is 11.1. The lowest BCUT2D eigenvalue weighted by molar-refractivity contribution is 0.475. The van der Waals surface area contributed by atoms with Crippen molar-refractivity contribution in [2.75, 3.05) is 0 Å². The van der Waals surface area contributed by atoms with Gasteiger partial charge in [0.15, 0.2) is 0 Å². The van der Waals surface area contributed by atoms with E-state index in [1.165, 1.54) is 6.07 Å². The smallest absolute Gasteiger partial charge is 0.143 e. The van der Waals surface area contributed by atoms with Gasteiger partial charge in [0, 0.05) is 24.1 Å². The summed E-state index contributed by atoms with van der Waals surface area (Å²) in [6, 6.07) is 9.63. The second kappa shape index (κ2) is 4.24. The highest BCUT2D eigenvalue weighted by Crippen LogP contribution is 2.31. The molecule has 0 radical (unpaired) electrons. The minimum atomic E-state index is -0.463. The topological polar surface area (TPSA) is 38.0 Å². The number of nitrogens with zero attached hydrogens (tertiary/aromatic N) is 2. The highest BCUT2D eigenvalue weighted by Gasteiger charge is 2.13. The van der Waals surface area contributed by atoms with E-state index < -0.39 is 5.82 Å². The Labute approximate surface area is 113 Å². The van der Waals surface area contributed by atoms with Gasteiger partial charge in [0.25, 0.3) is 0 Å². The Morgan fingerprint density at radius 3 is 2.58 bits per heavy atom. The molecule has 0 aliphatic heterocycles. The maximum atomic E-state index is 13.5. The number of aromatic hydroxyl groups is 1. The molecular formula is C14H10ClFN2O. The summed E-state index contributed by atoms with van der Waals surface area (Å²) in [6.07, 6.45) is 0. The van der Waals surface area contributed by atoms with E-state index in [1.807, 2.05) is 0 Å². The Morgan fingerprint density at radius 1 is 1.21 bits per heavy atom. The molecule has 0 aliphatic rings. The van der Waals surface area contributed by atoms with E-state index in [4.69, 9.17) is 11.6 Å². The Hall–Kier alpha value is -2.07. The fourth-order valence-electron chi connectivity index (χ4n) is 2.08. The molecule has 1 heterocycles. The molecule has 0 unspecified atom stereocenters. The average molecular weight is 277 g/mol. The van der Waals surface area contributed by atoms with E-state index >= 15 is 0 Å². The van der Waals surface area contributed by atoms with Crippen LogP contribution in [-0.4, -0.2) is 14.9 Å². The second-order valence-electron chi connectivity index (χ2n) is 4.30. The molecule has 19 heavy (non-hydrogen) atoms. The summed E-state index contributed by atoms with van der Waals surface area (Å²) in [6.45, 7) is 0. The SMILES string of the molecule is Cn1nc(-c2ccc(O)cc2)c2cc(Cl)c(F)cc21. The Kier molecular flexibility index (Phi) is 2.68. The number of fused-ring (bicyclic) bond motifs is 1. The third kappa shape index (κ3) is 1.94. The van der Waals surface area contributed by atoms with Gasteiger partial charge in [-0.25, -0.2) is 4.39 Å². The predicted octanol–water partition coefficient (Wildman–Crippen LogP) is 3.74. The molecular weight excluding hydrogens is 267 g/mol. The average Bonchev–Trinajstić information content (AvgIpc) is 2.69. The first-order chi connectivity index (χ1) is 9.06. The zero-order valence-corrected chi connectivity index (χ0v) is 10.8. The Balaban J connectivity index is 2.30. The minimum absolute atomic E-state index is 0.0699. The van der Waals surface area contributed by atoms with E-state index in [0.29, 0.717) is 11.2 Å². The molecule has 0 spiro atoms. The summed E-state index contributed by atoms with van der Waals surface area (Å²) in [5, 5.41) is 14.5. The van der Waals surface area contributed by atoms with Gasteiger partial charge in [0.2, 0.25) is 0 Å². The highest BCUT2D eigenvalue weighted by atomic mass is 35.5. The lowest BCUT2D eigenvalue weighted by Crippen LogP contribution is -1.90. The molecule has 0 saturated heterocycles. The van der Waals surface area contributed by atoms with Gasteiger partial charge < -0.3 is 5.11 Å². The van der Waals surface area contributed by atoms with Crippen molar-refractivity contribution in [1.29, 1.82) is 0 Å². The zero-order chi connectivity index (χ0) is 13.6. The third-order valence-corrected chi connectivity index (χ3v) is 3.32. The van der Waals surface area contributed by atoms with E-state index in [-0.39, 0.29) is 10.8 Å². The number of phenols is 1. The van der Waals surface area contributed by atoms with E-state index in [9.17, 15) is 9.50 Å². The number of rotatable bonds is 1. The first kappa shape index (κ1) is 12.0. The van der Waals surface area contributed by atoms with Gasteiger partial charge >= 0.3 is 0 Å². The van der Waals surface area contributed by atoms with Crippen LogP contribution >= 0.6 is 11.6 Å². The van der Waals surface area contributed by atoms with Crippen molar-refractivity contribution in [2.45, 2.75) is 0 Å². The van der Waals surface area contributed by atoms with Crippen LogP contribution in [0.1, 0.15) is 0 Å². The first-order valence-electron chi connectivity index (χ1n) is 5.67. The molecule has 5 heteroatoms. The lowest BCUT2D eigenvalue weighted by Gasteiger charge is -1.99. The van der Waals surface area contributed by atoms with Gasteiger partial charge in [0.1, 0.15) is 17.3 Å². The standard InChI is InChI=1S/C14H10ClFN2O/c1-18-13-7-12(16)11(15)6-10(13)14(17-18)8-2-4-9(19)5-3-8/h2-7,19H,1H3. The van der Waals surface area contributed by atoms with Crippen molar-refractivity contribution >= 4 is 22.5 Å². The summed E-state index contributed by atoms with van der Waals surface area (Å²) < 4.78 is 15.1. The van der Waals surface area contributed by atoms with Crippen molar-refractivity contribution in [1.82, 2.24) is 9.78 Å².